The SMILES string of the molecule is NC(=O)NC(=O)CNCC1CCS(=O)(=O)C1. The van der Waals surface area contributed by atoms with E-state index in [1.807, 2.05) is 5.32 Å². The Morgan fingerprint density at radius 2 is 2.06 bits per heavy atom. The lowest BCUT2D eigenvalue weighted by atomic mass is 10.1. The standard InChI is InChI=1S/C8H15N3O4S/c9-8(13)11-7(12)4-10-3-6-1-2-16(14,15)5-6/h6,10H,1-5H2,(H3,9,11,12,13). The summed E-state index contributed by atoms with van der Waals surface area (Å²) >= 11 is 0. The van der Waals surface area contributed by atoms with Gasteiger partial charge in [-0.15, -0.1) is 0 Å². The van der Waals surface area contributed by atoms with Crippen LogP contribution in [0, 0.1) is 5.92 Å². The van der Waals surface area contributed by atoms with Crippen molar-refractivity contribution < 1.29 is 18.0 Å². The molecule has 1 aliphatic rings. The molecule has 0 radical (unpaired) electrons. The monoisotopic (exact) mass is 249 g/mol. The first-order valence-corrected chi connectivity index (χ1v) is 6.71. The molecule has 0 saturated carbocycles. The Balaban J connectivity index is 2.17. The van der Waals surface area contributed by atoms with Crippen LogP contribution in [0.1, 0.15) is 6.42 Å². The summed E-state index contributed by atoms with van der Waals surface area (Å²) in [4.78, 5) is 21.3. The number of primary amides is 1. The Labute approximate surface area is 93.7 Å². The molecule has 3 amide bonds. The summed E-state index contributed by atoms with van der Waals surface area (Å²) in [6, 6.07) is -0.893. The highest BCUT2D eigenvalue weighted by Crippen LogP contribution is 2.16. The number of amides is 3. The van der Waals surface area contributed by atoms with Gasteiger partial charge >= 0.3 is 6.03 Å². The van der Waals surface area contributed by atoms with Crippen molar-refractivity contribution >= 4 is 21.8 Å². The van der Waals surface area contributed by atoms with Gasteiger partial charge in [0.25, 0.3) is 0 Å². The fourth-order valence-electron chi connectivity index (χ4n) is 1.60. The molecule has 0 aromatic carbocycles. The Kier molecular flexibility index (Phi) is 4.25. The van der Waals surface area contributed by atoms with Gasteiger partial charge in [0.05, 0.1) is 18.1 Å². The van der Waals surface area contributed by atoms with Gasteiger partial charge in [-0.25, -0.2) is 13.2 Å². The van der Waals surface area contributed by atoms with E-state index in [9.17, 15) is 18.0 Å². The Morgan fingerprint density at radius 1 is 1.38 bits per heavy atom. The van der Waals surface area contributed by atoms with Gasteiger partial charge in [0, 0.05) is 0 Å². The number of hydrogen-bond donors (Lipinski definition) is 3. The molecule has 4 N–H and O–H groups in total. The molecule has 0 bridgehead atoms. The summed E-state index contributed by atoms with van der Waals surface area (Å²) in [6.45, 7) is 0.408. The molecule has 0 spiro atoms. The number of urea groups is 1. The molecule has 1 rings (SSSR count). The molecule has 16 heavy (non-hydrogen) atoms. The topological polar surface area (TPSA) is 118 Å². The summed E-state index contributed by atoms with van der Waals surface area (Å²) in [5, 5.41) is 4.69. The minimum Gasteiger partial charge on any atom is -0.351 e. The van der Waals surface area contributed by atoms with Crippen LogP contribution in [0.2, 0.25) is 0 Å². The van der Waals surface area contributed by atoms with Gasteiger partial charge in [-0.2, -0.15) is 0 Å². The van der Waals surface area contributed by atoms with Crippen molar-refractivity contribution in [3.05, 3.63) is 0 Å². The summed E-state index contributed by atoms with van der Waals surface area (Å²) < 4.78 is 22.2. The van der Waals surface area contributed by atoms with Crippen LogP contribution in [0.4, 0.5) is 4.79 Å². The van der Waals surface area contributed by atoms with Gasteiger partial charge in [0.15, 0.2) is 9.84 Å². The predicted molar refractivity (Wildman–Crippen MR) is 57.4 cm³/mol. The maximum atomic E-state index is 11.1. The van der Waals surface area contributed by atoms with Crippen molar-refractivity contribution in [3.63, 3.8) is 0 Å². The zero-order valence-electron chi connectivity index (χ0n) is 8.73. The second kappa shape index (κ2) is 5.26. The minimum atomic E-state index is -2.88. The molecule has 1 aliphatic heterocycles. The fourth-order valence-corrected chi connectivity index (χ4v) is 3.47. The van der Waals surface area contributed by atoms with Crippen LogP contribution < -0.4 is 16.4 Å². The zero-order valence-corrected chi connectivity index (χ0v) is 9.55. The third kappa shape index (κ3) is 4.58. The average molecular weight is 249 g/mol. The average Bonchev–Trinajstić information content (AvgIpc) is 2.44. The summed E-state index contributed by atoms with van der Waals surface area (Å²) in [7, 11) is -2.88. The van der Waals surface area contributed by atoms with Crippen molar-refractivity contribution in [2.24, 2.45) is 11.7 Å². The van der Waals surface area contributed by atoms with Crippen molar-refractivity contribution in [2.75, 3.05) is 24.6 Å². The number of carbonyl (C=O) groups is 2. The number of carbonyl (C=O) groups excluding carboxylic acids is 2. The van der Waals surface area contributed by atoms with Crippen LogP contribution in [-0.2, 0) is 14.6 Å². The van der Waals surface area contributed by atoms with Gasteiger partial charge in [-0.1, -0.05) is 0 Å². The highest BCUT2D eigenvalue weighted by Gasteiger charge is 2.27. The molecular formula is C8H15N3O4S. The Hall–Kier alpha value is -1.15. The highest BCUT2D eigenvalue weighted by molar-refractivity contribution is 7.91. The molecule has 1 heterocycles. The molecule has 92 valence electrons. The molecule has 1 fully saturated rings. The molecule has 1 atom stereocenters. The van der Waals surface area contributed by atoms with Crippen LogP contribution in [0.15, 0.2) is 0 Å². The maximum absolute atomic E-state index is 11.1. The van der Waals surface area contributed by atoms with E-state index in [1.54, 1.807) is 0 Å². The van der Waals surface area contributed by atoms with Crippen molar-refractivity contribution in [2.45, 2.75) is 6.42 Å². The van der Waals surface area contributed by atoms with E-state index in [2.05, 4.69) is 5.32 Å². The molecule has 1 saturated heterocycles. The fraction of sp³-hybridized carbons (Fsp3) is 0.750. The number of nitrogens with one attached hydrogen (secondary N) is 2. The molecular weight excluding hydrogens is 234 g/mol. The van der Waals surface area contributed by atoms with E-state index in [4.69, 9.17) is 5.73 Å². The summed E-state index contributed by atoms with van der Waals surface area (Å²) in [5.41, 5.74) is 4.74. The van der Waals surface area contributed by atoms with Crippen LogP contribution in [0.5, 0.6) is 0 Å². The van der Waals surface area contributed by atoms with Gasteiger partial charge < -0.3 is 11.1 Å². The first kappa shape index (κ1) is 12.9. The van der Waals surface area contributed by atoms with Crippen molar-refractivity contribution in [3.8, 4) is 0 Å². The van der Waals surface area contributed by atoms with E-state index in [-0.39, 0.29) is 24.0 Å². The zero-order chi connectivity index (χ0) is 12.2. The maximum Gasteiger partial charge on any atom is 0.318 e. The van der Waals surface area contributed by atoms with Crippen LogP contribution in [-0.4, -0.2) is 45.0 Å². The first-order chi connectivity index (χ1) is 7.39. The second-order valence-electron chi connectivity index (χ2n) is 3.81. The van der Waals surface area contributed by atoms with Crippen molar-refractivity contribution in [1.82, 2.24) is 10.6 Å². The lowest BCUT2D eigenvalue weighted by molar-refractivity contribution is -0.119. The number of hydrogen-bond acceptors (Lipinski definition) is 5. The Bertz CT molecular complexity index is 379. The molecule has 8 heteroatoms. The van der Waals surface area contributed by atoms with E-state index >= 15 is 0 Å². The third-order valence-corrected chi connectivity index (χ3v) is 4.14. The lowest BCUT2D eigenvalue weighted by Crippen LogP contribution is -2.41. The van der Waals surface area contributed by atoms with Crippen LogP contribution >= 0.6 is 0 Å². The summed E-state index contributed by atoms with van der Waals surface area (Å²) in [5.74, 6) is -0.0932. The molecule has 7 nitrogen and oxygen atoms in total. The van der Waals surface area contributed by atoms with Gasteiger partial charge in [0.2, 0.25) is 5.91 Å². The van der Waals surface area contributed by atoms with Crippen molar-refractivity contribution in [1.29, 1.82) is 0 Å². The van der Waals surface area contributed by atoms with Gasteiger partial charge in [-0.05, 0) is 18.9 Å². The van der Waals surface area contributed by atoms with E-state index < -0.39 is 21.8 Å². The van der Waals surface area contributed by atoms with Gasteiger partial charge in [0.1, 0.15) is 0 Å². The Morgan fingerprint density at radius 3 is 2.56 bits per heavy atom. The second-order valence-corrected chi connectivity index (χ2v) is 6.04. The number of nitrogens with two attached hydrogens (primary N) is 1. The quantitative estimate of drug-likeness (QED) is 0.543. The third-order valence-electron chi connectivity index (χ3n) is 2.31. The molecule has 0 aromatic heterocycles. The van der Waals surface area contributed by atoms with E-state index in [0.717, 1.165) is 0 Å². The number of rotatable bonds is 4. The first-order valence-electron chi connectivity index (χ1n) is 4.89. The normalized spacial score (nSPS) is 22.9. The number of sulfone groups is 1. The minimum absolute atomic E-state index is 0.0422. The summed E-state index contributed by atoms with van der Waals surface area (Å²) in [6.07, 6.45) is 0.618. The van der Waals surface area contributed by atoms with E-state index in [1.165, 1.54) is 0 Å². The van der Waals surface area contributed by atoms with Crippen LogP contribution in [0.3, 0.4) is 0 Å². The van der Waals surface area contributed by atoms with Gasteiger partial charge in [-0.3, -0.25) is 10.1 Å². The van der Waals surface area contributed by atoms with E-state index in [0.29, 0.717) is 13.0 Å². The highest BCUT2D eigenvalue weighted by atomic mass is 32.2. The van der Waals surface area contributed by atoms with Crippen LogP contribution in [0.25, 0.3) is 0 Å². The largest absolute Gasteiger partial charge is 0.351 e. The number of imide groups is 1. The predicted octanol–water partition coefficient (Wildman–Crippen LogP) is -1.79. The lowest BCUT2D eigenvalue weighted by Gasteiger charge is -2.08. The molecule has 1 unspecified atom stereocenters. The molecule has 0 aliphatic carbocycles. The molecule has 0 aromatic rings. The smallest absolute Gasteiger partial charge is 0.318 e.